The zero-order valence-corrected chi connectivity index (χ0v) is 9.36. The summed E-state index contributed by atoms with van der Waals surface area (Å²) in [5, 5.41) is 0.902. The van der Waals surface area contributed by atoms with Gasteiger partial charge in [0.1, 0.15) is 11.3 Å². The van der Waals surface area contributed by atoms with E-state index in [1.807, 2.05) is 24.3 Å². The molecule has 0 aliphatic carbocycles. The van der Waals surface area contributed by atoms with Gasteiger partial charge in [0.2, 0.25) is 0 Å². The van der Waals surface area contributed by atoms with Crippen molar-refractivity contribution in [2.75, 3.05) is 20.0 Å². The zero-order chi connectivity index (χ0) is 11.5. The van der Waals surface area contributed by atoms with Crippen LogP contribution in [0.5, 0.6) is 5.75 Å². The van der Waals surface area contributed by atoms with Gasteiger partial charge in [-0.05, 0) is 12.1 Å². The predicted molar refractivity (Wildman–Crippen MR) is 63.4 cm³/mol. The van der Waals surface area contributed by atoms with Crippen LogP contribution in [0.3, 0.4) is 0 Å². The second-order valence-electron chi connectivity index (χ2n) is 3.49. The van der Waals surface area contributed by atoms with Crippen molar-refractivity contribution in [3.8, 4) is 5.75 Å². The lowest BCUT2D eigenvalue weighted by atomic mass is 10.1. The van der Waals surface area contributed by atoms with E-state index in [1.165, 1.54) is 0 Å². The molecule has 2 aromatic rings. The van der Waals surface area contributed by atoms with E-state index in [-0.39, 0.29) is 0 Å². The summed E-state index contributed by atoms with van der Waals surface area (Å²) in [5.41, 5.74) is 8.23. The average Bonchev–Trinajstić information content (AvgIpc) is 2.29. The van der Waals surface area contributed by atoms with Crippen LogP contribution in [0.2, 0.25) is 0 Å². The van der Waals surface area contributed by atoms with Gasteiger partial charge < -0.3 is 15.2 Å². The Morgan fingerprint density at radius 1 is 1.31 bits per heavy atom. The molecule has 4 heteroatoms. The van der Waals surface area contributed by atoms with Crippen molar-refractivity contribution in [3.63, 3.8) is 0 Å². The molecule has 0 radical (unpaired) electrons. The summed E-state index contributed by atoms with van der Waals surface area (Å²) in [7, 11) is 3.25. The summed E-state index contributed by atoms with van der Waals surface area (Å²) < 4.78 is 10.3. The van der Waals surface area contributed by atoms with Crippen molar-refractivity contribution in [1.29, 1.82) is 0 Å². The van der Waals surface area contributed by atoms with Gasteiger partial charge >= 0.3 is 0 Å². The first-order valence-corrected chi connectivity index (χ1v) is 4.97. The monoisotopic (exact) mass is 218 g/mol. The summed E-state index contributed by atoms with van der Waals surface area (Å²) in [6, 6.07) is 7.52. The number of methoxy groups -OCH3 is 2. The molecule has 1 heterocycles. The van der Waals surface area contributed by atoms with Gasteiger partial charge in [0, 0.05) is 18.2 Å². The van der Waals surface area contributed by atoms with Gasteiger partial charge in [-0.25, -0.2) is 4.98 Å². The van der Waals surface area contributed by atoms with E-state index in [9.17, 15) is 0 Å². The average molecular weight is 218 g/mol. The first kappa shape index (κ1) is 10.7. The first-order chi connectivity index (χ1) is 7.76. The Hall–Kier alpha value is -1.81. The van der Waals surface area contributed by atoms with Gasteiger partial charge in [-0.2, -0.15) is 0 Å². The smallest absolute Gasteiger partial charge is 0.145 e. The van der Waals surface area contributed by atoms with E-state index < -0.39 is 0 Å². The maximum absolute atomic E-state index is 5.96. The SMILES string of the molecule is COCc1cc(N)c2cccc(OC)c2n1. The Labute approximate surface area is 94.0 Å². The maximum Gasteiger partial charge on any atom is 0.145 e. The maximum atomic E-state index is 5.96. The quantitative estimate of drug-likeness (QED) is 0.855. The van der Waals surface area contributed by atoms with E-state index in [0.717, 1.165) is 22.3 Å². The highest BCUT2D eigenvalue weighted by Gasteiger charge is 2.07. The summed E-state index contributed by atoms with van der Waals surface area (Å²) >= 11 is 0. The molecule has 0 aliphatic heterocycles. The number of benzene rings is 1. The highest BCUT2D eigenvalue weighted by molar-refractivity contribution is 5.94. The van der Waals surface area contributed by atoms with E-state index in [4.69, 9.17) is 15.2 Å². The molecule has 0 spiro atoms. The van der Waals surface area contributed by atoms with Crippen molar-refractivity contribution in [2.45, 2.75) is 6.61 Å². The lowest BCUT2D eigenvalue weighted by molar-refractivity contribution is 0.182. The fourth-order valence-electron chi connectivity index (χ4n) is 1.69. The van der Waals surface area contributed by atoms with Gasteiger partial charge in [0.05, 0.1) is 19.4 Å². The Kier molecular flexibility index (Phi) is 2.92. The normalized spacial score (nSPS) is 10.6. The van der Waals surface area contributed by atoms with Crippen LogP contribution in [0.4, 0.5) is 5.69 Å². The van der Waals surface area contributed by atoms with Crippen LogP contribution in [0.1, 0.15) is 5.69 Å². The molecule has 0 atom stereocenters. The van der Waals surface area contributed by atoms with E-state index in [0.29, 0.717) is 12.3 Å². The van der Waals surface area contributed by atoms with Crippen LogP contribution in [0.15, 0.2) is 24.3 Å². The van der Waals surface area contributed by atoms with Crippen molar-refractivity contribution in [1.82, 2.24) is 4.98 Å². The number of aromatic nitrogens is 1. The molecule has 0 saturated heterocycles. The molecule has 84 valence electrons. The molecule has 0 saturated carbocycles. The zero-order valence-electron chi connectivity index (χ0n) is 9.36. The van der Waals surface area contributed by atoms with Crippen molar-refractivity contribution >= 4 is 16.6 Å². The number of hydrogen-bond acceptors (Lipinski definition) is 4. The Morgan fingerprint density at radius 2 is 2.12 bits per heavy atom. The minimum absolute atomic E-state index is 0.443. The molecule has 2 rings (SSSR count). The number of pyridine rings is 1. The molecule has 0 unspecified atom stereocenters. The predicted octanol–water partition coefficient (Wildman–Crippen LogP) is 1.97. The molecule has 0 amide bonds. The second kappa shape index (κ2) is 4.37. The van der Waals surface area contributed by atoms with Gasteiger partial charge in [-0.3, -0.25) is 0 Å². The molecule has 16 heavy (non-hydrogen) atoms. The van der Waals surface area contributed by atoms with Gasteiger partial charge in [0.15, 0.2) is 0 Å². The standard InChI is InChI=1S/C12H14N2O2/c1-15-7-8-6-10(13)9-4-3-5-11(16-2)12(9)14-8/h3-6H,7H2,1-2H3,(H2,13,14). The second-order valence-corrected chi connectivity index (χ2v) is 3.49. The number of fused-ring (bicyclic) bond motifs is 1. The van der Waals surface area contributed by atoms with Crippen LogP contribution >= 0.6 is 0 Å². The third-order valence-corrected chi connectivity index (χ3v) is 2.40. The third-order valence-electron chi connectivity index (χ3n) is 2.40. The third kappa shape index (κ3) is 1.79. The van der Waals surface area contributed by atoms with Crippen LogP contribution in [0.25, 0.3) is 10.9 Å². The largest absolute Gasteiger partial charge is 0.494 e. The topological polar surface area (TPSA) is 57.4 Å². The van der Waals surface area contributed by atoms with Crippen LogP contribution < -0.4 is 10.5 Å². The van der Waals surface area contributed by atoms with Crippen molar-refractivity contribution in [2.24, 2.45) is 0 Å². The van der Waals surface area contributed by atoms with Gasteiger partial charge in [-0.15, -0.1) is 0 Å². The fraction of sp³-hybridized carbons (Fsp3) is 0.250. The van der Waals surface area contributed by atoms with Crippen molar-refractivity contribution < 1.29 is 9.47 Å². The van der Waals surface area contributed by atoms with E-state index in [1.54, 1.807) is 14.2 Å². The van der Waals surface area contributed by atoms with Crippen LogP contribution in [-0.4, -0.2) is 19.2 Å². The molecule has 0 bridgehead atoms. The number of nitrogens with zero attached hydrogens (tertiary/aromatic N) is 1. The highest BCUT2D eigenvalue weighted by atomic mass is 16.5. The molecular weight excluding hydrogens is 204 g/mol. The Bertz CT molecular complexity index is 512. The number of nitrogens with two attached hydrogens (primary N) is 1. The summed E-state index contributed by atoms with van der Waals surface area (Å²) in [6.07, 6.45) is 0. The lowest BCUT2D eigenvalue weighted by Gasteiger charge is -2.08. The number of para-hydroxylation sites is 1. The minimum atomic E-state index is 0.443. The van der Waals surface area contributed by atoms with E-state index in [2.05, 4.69) is 4.98 Å². The Morgan fingerprint density at radius 3 is 2.81 bits per heavy atom. The fourth-order valence-corrected chi connectivity index (χ4v) is 1.69. The van der Waals surface area contributed by atoms with Crippen LogP contribution in [-0.2, 0) is 11.3 Å². The molecular formula is C12H14N2O2. The molecule has 4 nitrogen and oxygen atoms in total. The molecule has 1 aromatic carbocycles. The summed E-state index contributed by atoms with van der Waals surface area (Å²) in [5.74, 6) is 0.724. The summed E-state index contributed by atoms with van der Waals surface area (Å²) in [6.45, 7) is 0.443. The Balaban J connectivity index is 2.67. The van der Waals surface area contributed by atoms with E-state index >= 15 is 0 Å². The lowest BCUT2D eigenvalue weighted by Crippen LogP contribution is -1.98. The number of anilines is 1. The van der Waals surface area contributed by atoms with Gasteiger partial charge in [-0.1, -0.05) is 12.1 Å². The summed E-state index contributed by atoms with van der Waals surface area (Å²) in [4.78, 5) is 4.47. The number of ether oxygens (including phenoxy) is 2. The minimum Gasteiger partial charge on any atom is -0.494 e. The molecule has 1 aromatic heterocycles. The highest BCUT2D eigenvalue weighted by Crippen LogP contribution is 2.28. The number of rotatable bonds is 3. The van der Waals surface area contributed by atoms with Gasteiger partial charge in [0.25, 0.3) is 0 Å². The molecule has 0 aliphatic rings. The van der Waals surface area contributed by atoms with Crippen LogP contribution in [0, 0.1) is 0 Å². The number of nitrogen functional groups attached to an aromatic ring is 1. The molecule has 0 fully saturated rings. The first-order valence-electron chi connectivity index (χ1n) is 4.97. The van der Waals surface area contributed by atoms with Crippen molar-refractivity contribution in [3.05, 3.63) is 30.0 Å². The molecule has 2 N–H and O–H groups in total. The number of hydrogen-bond donors (Lipinski definition) is 1.